The lowest BCUT2D eigenvalue weighted by molar-refractivity contribution is -0.126. The van der Waals surface area contributed by atoms with Crippen molar-refractivity contribution < 1.29 is 13.9 Å². The molecule has 6 heteroatoms. The Morgan fingerprint density at radius 3 is 2.76 bits per heavy atom. The van der Waals surface area contributed by atoms with Gasteiger partial charge in [-0.25, -0.2) is 4.39 Å². The fourth-order valence-electron chi connectivity index (χ4n) is 2.46. The summed E-state index contributed by atoms with van der Waals surface area (Å²) in [6, 6.07) is 5.95. The summed E-state index contributed by atoms with van der Waals surface area (Å²) in [7, 11) is 0. The standard InChI is InChI=1S/C15H21FN2O2.ClH/c1-11(20-13-6-4-5-12(16)9-13)10-18-14(19)15(17)7-2-3-8-15;/h4-6,9,11H,2-3,7-8,10,17H2,1H3,(H,18,19);1H. The molecule has 1 unspecified atom stereocenters. The zero-order valence-corrected chi connectivity index (χ0v) is 12.9. The van der Waals surface area contributed by atoms with E-state index in [9.17, 15) is 9.18 Å². The van der Waals surface area contributed by atoms with E-state index in [2.05, 4.69) is 5.32 Å². The largest absolute Gasteiger partial charge is 0.489 e. The molecule has 0 saturated heterocycles. The van der Waals surface area contributed by atoms with Crippen molar-refractivity contribution in [2.24, 2.45) is 5.73 Å². The SMILES string of the molecule is CC(CNC(=O)C1(N)CCCC1)Oc1cccc(F)c1.Cl. The lowest BCUT2D eigenvalue weighted by atomic mass is 9.98. The van der Waals surface area contributed by atoms with E-state index in [0.717, 1.165) is 25.7 Å². The molecule has 1 aromatic carbocycles. The highest BCUT2D eigenvalue weighted by Gasteiger charge is 2.36. The van der Waals surface area contributed by atoms with Gasteiger partial charge in [0.05, 0.1) is 12.1 Å². The van der Waals surface area contributed by atoms with Gasteiger partial charge in [-0.05, 0) is 31.9 Å². The van der Waals surface area contributed by atoms with Crippen LogP contribution in [0, 0.1) is 5.82 Å². The number of ether oxygens (including phenoxy) is 1. The van der Waals surface area contributed by atoms with Gasteiger partial charge < -0.3 is 15.8 Å². The Morgan fingerprint density at radius 1 is 1.48 bits per heavy atom. The minimum atomic E-state index is -0.724. The number of hydrogen-bond donors (Lipinski definition) is 2. The third kappa shape index (κ3) is 4.86. The fraction of sp³-hybridized carbons (Fsp3) is 0.533. The van der Waals surface area contributed by atoms with Crippen molar-refractivity contribution in [3.8, 4) is 5.75 Å². The third-order valence-corrected chi connectivity index (χ3v) is 3.63. The van der Waals surface area contributed by atoms with Crippen LogP contribution in [-0.4, -0.2) is 24.1 Å². The molecule has 0 bridgehead atoms. The maximum absolute atomic E-state index is 13.0. The van der Waals surface area contributed by atoms with Crippen molar-refractivity contribution in [1.82, 2.24) is 5.32 Å². The monoisotopic (exact) mass is 316 g/mol. The summed E-state index contributed by atoms with van der Waals surface area (Å²) in [5.41, 5.74) is 5.34. The van der Waals surface area contributed by atoms with Gasteiger partial charge in [-0.3, -0.25) is 4.79 Å². The number of nitrogens with one attached hydrogen (secondary N) is 1. The third-order valence-electron chi connectivity index (χ3n) is 3.63. The number of benzene rings is 1. The van der Waals surface area contributed by atoms with Gasteiger partial charge in [0.25, 0.3) is 0 Å². The Hall–Kier alpha value is -1.33. The van der Waals surface area contributed by atoms with Gasteiger partial charge in [0.2, 0.25) is 5.91 Å². The lowest BCUT2D eigenvalue weighted by Crippen LogP contribution is -2.53. The zero-order valence-electron chi connectivity index (χ0n) is 12.1. The fourth-order valence-corrected chi connectivity index (χ4v) is 2.46. The molecule has 0 heterocycles. The van der Waals surface area contributed by atoms with Gasteiger partial charge in [-0.1, -0.05) is 18.9 Å². The molecule has 0 aromatic heterocycles. The molecule has 1 fully saturated rings. The highest BCUT2D eigenvalue weighted by Crippen LogP contribution is 2.27. The normalized spacial score (nSPS) is 17.7. The molecule has 1 aliphatic carbocycles. The summed E-state index contributed by atoms with van der Waals surface area (Å²) in [6.45, 7) is 2.18. The molecular formula is C15H22ClFN2O2. The highest BCUT2D eigenvalue weighted by molar-refractivity contribution is 5.86. The first-order valence-corrected chi connectivity index (χ1v) is 6.99. The van der Waals surface area contributed by atoms with Crippen LogP contribution in [0.4, 0.5) is 4.39 Å². The molecule has 0 aliphatic heterocycles. The summed E-state index contributed by atoms with van der Waals surface area (Å²) in [4.78, 5) is 12.0. The summed E-state index contributed by atoms with van der Waals surface area (Å²) >= 11 is 0. The first-order valence-electron chi connectivity index (χ1n) is 6.99. The first-order chi connectivity index (χ1) is 9.49. The van der Waals surface area contributed by atoms with E-state index in [1.54, 1.807) is 12.1 Å². The van der Waals surface area contributed by atoms with Crippen molar-refractivity contribution in [3.05, 3.63) is 30.1 Å². The maximum Gasteiger partial charge on any atom is 0.240 e. The summed E-state index contributed by atoms with van der Waals surface area (Å²) in [5.74, 6) is -0.00892. The molecular weight excluding hydrogens is 295 g/mol. The van der Waals surface area contributed by atoms with Crippen LogP contribution in [-0.2, 0) is 4.79 Å². The molecule has 21 heavy (non-hydrogen) atoms. The van der Waals surface area contributed by atoms with Gasteiger partial charge in [-0.2, -0.15) is 0 Å². The minimum absolute atomic E-state index is 0. The highest BCUT2D eigenvalue weighted by atomic mass is 35.5. The Balaban J connectivity index is 0.00000220. The molecule has 4 nitrogen and oxygen atoms in total. The smallest absolute Gasteiger partial charge is 0.240 e. The minimum Gasteiger partial charge on any atom is -0.489 e. The van der Waals surface area contributed by atoms with E-state index in [0.29, 0.717) is 12.3 Å². The molecule has 2 rings (SSSR count). The van der Waals surface area contributed by atoms with Crippen molar-refractivity contribution in [3.63, 3.8) is 0 Å². The van der Waals surface area contributed by atoms with Gasteiger partial charge in [0, 0.05) is 6.07 Å². The van der Waals surface area contributed by atoms with E-state index in [1.807, 2.05) is 6.92 Å². The van der Waals surface area contributed by atoms with Crippen molar-refractivity contribution in [1.29, 1.82) is 0 Å². The van der Waals surface area contributed by atoms with E-state index in [-0.39, 0.29) is 30.2 Å². The predicted octanol–water partition coefficient (Wildman–Crippen LogP) is 2.40. The molecule has 3 N–H and O–H groups in total. The van der Waals surface area contributed by atoms with Crippen LogP contribution in [0.5, 0.6) is 5.75 Å². The molecule has 1 atom stereocenters. The number of carbonyl (C=O) groups excluding carboxylic acids is 1. The number of carbonyl (C=O) groups is 1. The number of amides is 1. The van der Waals surface area contributed by atoms with Crippen LogP contribution >= 0.6 is 12.4 Å². The average Bonchev–Trinajstić information content (AvgIpc) is 2.84. The average molecular weight is 317 g/mol. The molecule has 1 amide bonds. The number of rotatable bonds is 5. The topological polar surface area (TPSA) is 64.4 Å². The van der Waals surface area contributed by atoms with E-state index >= 15 is 0 Å². The maximum atomic E-state index is 13.0. The van der Waals surface area contributed by atoms with Gasteiger partial charge in [-0.15, -0.1) is 12.4 Å². The van der Waals surface area contributed by atoms with Crippen molar-refractivity contribution in [2.75, 3.05) is 6.54 Å². The molecule has 0 spiro atoms. The van der Waals surface area contributed by atoms with E-state index in [1.165, 1.54) is 12.1 Å². The van der Waals surface area contributed by atoms with Crippen LogP contribution < -0.4 is 15.8 Å². The summed E-state index contributed by atoms with van der Waals surface area (Å²) in [6.07, 6.45) is 3.22. The second-order valence-corrected chi connectivity index (χ2v) is 5.46. The van der Waals surface area contributed by atoms with Crippen LogP contribution in [0.3, 0.4) is 0 Å². The number of nitrogens with two attached hydrogens (primary N) is 1. The second-order valence-electron chi connectivity index (χ2n) is 5.46. The Morgan fingerprint density at radius 2 is 2.14 bits per heavy atom. The zero-order chi connectivity index (χ0) is 14.6. The van der Waals surface area contributed by atoms with Crippen LogP contribution in [0.2, 0.25) is 0 Å². The summed E-state index contributed by atoms with van der Waals surface area (Å²) < 4.78 is 18.6. The Bertz CT molecular complexity index is 478. The Kier molecular flexibility index (Phi) is 6.42. The lowest BCUT2D eigenvalue weighted by Gasteiger charge is -2.23. The van der Waals surface area contributed by atoms with E-state index in [4.69, 9.17) is 10.5 Å². The molecule has 1 saturated carbocycles. The van der Waals surface area contributed by atoms with Crippen LogP contribution in [0.15, 0.2) is 24.3 Å². The van der Waals surface area contributed by atoms with Gasteiger partial charge in [0.1, 0.15) is 17.7 Å². The van der Waals surface area contributed by atoms with Gasteiger partial charge >= 0.3 is 0 Å². The molecule has 0 radical (unpaired) electrons. The Labute approximate surface area is 130 Å². The van der Waals surface area contributed by atoms with E-state index < -0.39 is 5.54 Å². The van der Waals surface area contributed by atoms with Gasteiger partial charge in [0.15, 0.2) is 0 Å². The molecule has 118 valence electrons. The summed E-state index contributed by atoms with van der Waals surface area (Å²) in [5, 5.41) is 2.82. The van der Waals surface area contributed by atoms with Crippen molar-refractivity contribution in [2.45, 2.75) is 44.2 Å². The number of hydrogen-bond acceptors (Lipinski definition) is 3. The second kappa shape index (κ2) is 7.61. The number of halogens is 2. The quantitative estimate of drug-likeness (QED) is 0.876. The molecule has 1 aliphatic rings. The van der Waals surface area contributed by atoms with Crippen LogP contribution in [0.1, 0.15) is 32.6 Å². The van der Waals surface area contributed by atoms with Crippen LogP contribution in [0.25, 0.3) is 0 Å². The first kappa shape index (κ1) is 17.7. The van der Waals surface area contributed by atoms with Crippen molar-refractivity contribution >= 4 is 18.3 Å². The predicted molar refractivity (Wildman–Crippen MR) is 82.1 cm³/mol. The molecule has 1 aromatic rings.